The van der Waals surface area contributed by atoms with Crippen LogP contribution in [0.5, 0.6) is 0 Å². The molecule has 2 saturated heterocycles. The van der Waals surface area contributed by atoms with E-state index in [2.05, 4.69) is 10.3 Å². The van der Waals surface area contributed by atoms with Gasteiger partial charge >= 0.3 is 0 Å². The number of carbonyl (C=O) groups is 2. The molecule has 4 rings (SSSR count). The van der Waals surface area contributed by atoms with E-state index < -0.39 is 0 Å². The van der Waals surface area contributed by atoms with Crippen LogP contribution in [0.15, 0.2) is 36.4 Å². The third kappa shape index (κ3) is 5.43. The Labute approximate surface area is 187 Å². The van der Waals surface area contributed by atoms with Gasteiger partial charge < -0.3 is 20.7 Å². The van der Waals surface area contributed by atoms with Crippen LogP contribution >= 0.6 is 0 Å². The lowest BCUT2D eigenvalue weighted by atomic mass is 9.92. The summed E-state index contributed by atoms with van der Waals surface area (Å²) in [6.45, 7) is 2.21. The van der Waals surface area contributed by atoms with Gasteiger partial charge in [0.25, 0.3) is 5.91 Å². The van der Waals surface area contributed by atoms with Gasteiger partial charge in [0, 0.05) is 43.4 Å². The number of likely N-dealkylation sites (tertiary alicyclic amines) is 1. The molecule has 2 amide bonds. The number of nitrogens with zero attached hydrogens (tertiary/aromatic N) is 2. The van der Waals surface area contributed by atoms with Crippen LogP contribution < -0.4 is 11.1 Å². The molecule has 0 bridgehead atoms. The highest BCUT2D eigenvalue weighted by atomic mass is 19.1. The predicted octanol–water partition coefficient (Wildman–Crippen LogP) is 3.72. The van der Waals surface area contributed by atoms with E-state index in [0.29, 0.717) is 25.2 Å². The molecule has 2 fully saturated rings. The molecule has 3 N–H and O–H groups in total. The van der Waals surface area contributed by atoms with Crippen molar-refractivity contribution in [3.8, 4) is 0 Å². The maximum atomic E-state index is 13.0. The van der Waals surface area contributed by atoms with Gasteiger partial charge in [0.15, 0.2) is 0 Å². The van der Waals surface area contributed by atoms with Gasteiger partial charge in [-0.15, -0.1) is 0 Å². The van der Waals surface area contributed by atoms with Gasteiger partial charge in [0.05, 0.1) is 11.7 Å². The standard InChI is InChI=1S/C24H29FN4O3/c25-17-3-5-18(6-4-17)27-24(31)20-8-9-21(28-23(20)26)16-11-13-29(14-12-16)22(30)10-7-19-2-1-15-32-19/h3-6,8-9,16,19H,1-2,7,10-15H2,(H2,26,28)(H,27,31). The predicted molar refractivity (Wildman–Crippen MR) is 120 cm³/mol. The highest BCUT2D eigenvalue weighted by Gasteiger charge is 2.26. The molecule has 2 aliphatic heterocycles. The fourth-order valence-corrected chi connectivity index (χ4v) is 4.38. The summed E-state index contributed by atoms with van der Waals surface area (Å²) in [5.74, 6) is -0.200. The van der Waals surface area contributed by atoms with Gasteiger partial charge in [-0.25, -0.2) is 9.37 Å². The molecule has 170 valence electrons. The van der Waals surface area contributed by atoms with Crippen LogP contribution in [0.3, 0.4) is 0 Å². The lowest BCUT2D eigenvalue weighted by Gasteiger charge is -2.32. The first-order chi connectivity index (χ1) is 15.5. The third-order valence-corrected chi connectivity index (χ3v) is 6.26. The molecule has 0 radical (unpaired) electrons. The molecule has 2 aliphatic rings. The smallest absolute Gasteiger partial charge is 0.259 e. The SMILES string of the molecule is Nc1nc(C2CCN(C(=O)CCC3CCCO3)CC2)ccc1C(=O)Nc1ccc(F)cc1. The van der Waals surface area contributed by atoms with E-state index in [9.17, 15) is 14.0 Å². The van der Waals surface area contributed by atoms with Crippen molar-refractivity contribution >= 4 is 23.3 Å². The summed E-state index contributed by atoms with van der Waals surface area (Å²) in [4.78, 5) is 31.4. The number of benzene rings is 1. The van der Waals surface area contributed by atoms with E-state index >= 15 is 0 Å². The molecule has 2 aromatic rings. The summed E-state index contributed by atoms with van der Waals surface area (Å²) in [6, 6.07) is 9.03. The quantitative estimate of drug-likeness (QED) is 0.714. The molecular weight excluding hydrogens is 411 g/mol. The molecule has 32 heavy (non-hydrogen) atoms. The highest BCUT2D eigenvalue weighted by molar-refractivity contribution is 6.07. The Bertz CT molecular complexity index is 952. The summed E-state index contributed by atoms with van der Waals surface area (Å²) in [6.07, 6.45) is 5.37. The summed E-state index contributed by atoms with van der Waals surface area (Å²) >= 11 is 0. The number of anilines is 2. The number of piperidine rings is 1. The van der Waals surface area contributed by atoms with E-state index in [1.165, 1.54) is 24.3 Å². The van der Waals surface area contributed by atoms with Crippen LogP contribution in [-0.4, -0.2) is 47.5 Å². The van der Waals surface area contributed by atoms with Crippen LogP contribution in [0.25, 0.3) is 0 Å². The Morgan fingerprint density at radius 1 is 1.12 bits per heavy atom. The van der Waals surface area contributed by atoms with Crippen LogP contribution in [0.4, 0.5) is 15.9 Å². The van der Waals surface area contributed by atoms with E-state index in [0.717, 1.165) is 44.4 Å². The minimum Gasteiger partial charge on any atom is -0.383 e. The highest BCUT2D eigenvalue weighted by Crippen LogP contribution is 2.29. The lowest BCUT2D eigenvalue weighted by Crippen LogP contribution is -2.38. The van der Waals surface area contributed by atoms with Crippen molar-refractivity contribution in [3.63, 3.8) is 0 Å². The van der Waals surface area contributed by atoms with Gasteiger partial charge in [0.2, 0.25) is 5.91 Å². The van der Waals surface area contributed by atoms with Crippen LogP contribution in [0.2, 0.25) is 0 Å². The average Bonchev–Trinajstić information content (AvgIpc) is 3.33. The molecule has 0 aliphatic carbocycles. The Morgan fingerprint density at radius 2 is 1.88 bits per heavy atom. The number of aromatic nitrogens is 1. The fourth-order valence-electron chi connectivity index (χ4n) is 4.38. The number of amides is 2. The van der Waals surface area contributed by atoms with E-state index in [-0.39, 0.29) is 41.0 Å². The normalized spacial score (nSPS) is 19.2. The number of hydrogen-bond donors (Lipinski definition) is 2. The molecule has 1 aromatic heterocycles. The Hall–Kier alpha value is -3.00. The van der Waals surface area contributed by atoms with Crippen molar-refractivity contribution in [1.82, 2.24) is 9.88 Å². The third-order valence-electron chi connectivity index (χ3n) is 6.26. The number of ether oxygens (including phenoxy) is 1. The summed E-state index contributed by atoms with van der Waals surface area (Å²) in [5, 5.41) is 2.70. The van der Waals surface area contributed by atoms with E-state index in [1.54, 1.807) is 6.07 Å². The van der Waals surface area contributed by atoms with Crippen molar-refractivity contribution in [2.75, 3.05) is 30.7 Å². The summed E-state index contributed by atoms with van der Waals surface area (Å²) < 4.78 is 18.6. The first kappa shape index (κ1) is 22.2. The van der Waals surface area contributed by atoms with Gasteiger partial charge in [0.1, 0.15) is 11.6 Å². The van der Waals surface area contributed by atoms with Crippen molar-refractivity contribution in [2.45, 2.75) is 50.5 Å². The number of nitrogen functional groups attached to an aromatic ring is 1. The molecular formula is C24H29FN4O3. The second-order valence-electron chi connectivity index (χ2n) is 8.46. The number of nitrogens with one attached hydrogen (secondary N) is 1. The summed E-state index contributed by atoms with van der Waals surface area (Å²) in [5.41, 5.74) is 7.67. The molecule has 7 nitrogen and oxygen atoms in total. The van der Waals surface area contributed by atoms with Crippen molar-refractivity contribution < 1.29 is 18.7 Å². The Balaban J connectivity index is 1.30. The maximum absolute atomic E-state index is 13.0. The molecule has 3 heterocycles. The lowest BCUT2D eigenvalue weighted by molar-refractivity contribution is -0.132. The van der Waals surface area contributed by atoms with E-state index in [1.807, 2.05) is 11.0 Å². The molecule has 0 saturated carbocycles. The number of halogens is 1. The van der Waals surface area contributed by atoms with Gasteiger partial charge in [-0.2, -0.15) is 0 Å². The van der Waals surface area contributed by atoms with Crippen molar-refractivity contribution in [3.05, 3.63) is 53.5 Å². The molecule has 1 aromatic carbocycles. The average molecular weight is 441 g/mol. The first-order valence-electron chi connectivity index (χ1n) is 11.2. The van der Waals surface area contributed by atoms with Crippen molar-refractivity contribution in [1.29, 1.82) is 0 Å². The molecule has 1 atom stereocenters. The van der Waals surface area contributed by atoms with Crippen LogP contribution in [0, 0.1) is 5.82 Å². The first-order valence-corrected chi connectivity index (χ1v) is 11.2. The van der Waals surface area contributed by atoms with Crippen molar-refractivity contribution in [2.24, 2.45) is 0 Å². The Morgan fingerprint density at radius 3 is 2.53 bits per heavy atom. The number of nitrogens with two attached hydrogens (primary N) is 1. The molecule has 8 heteroatoms. The molecule has 1 unspecified atom stereocenters. The largest absolute Gasteiger partial charge is 0.383 e. The van der Waals surface area contributed by atoms with Gasteiger partial charge in [-0.1, -0.05) is 0 Å². The second-order valence-corrected chi connectivity index (χ2v) is 8.46. The monoisotopic (exact) mass is 440 g/mol. The molecule has 0 spiro atoms. The topological polar surface area (TPSA) is 97.6 Å². The fraction of sp³-hybridized carbons (Fsp3) is 0.458. The Kier molecular flexibility index (Phi) is 6.99. The zero-order valence-electron chi connectivity index (χ0n) is 18.1. The zero-order chi connectivity index (χ0) is 22.5. The van der Waals surface area contributed by atoms with Gasteiger partial charge in [-0.3, -0.25) is 9.59 Å². The van der Waals surface area contributed by atoms with Crippen LogP contribution in [0.1, 0.15) is 60.5 Å². The number of hydrogen-bond acceptors (Lipinski definition) is 5. The van der Waals surface area contributed by atoms with Gasteiger partial charge in [-0.05, 0) is 68.5 Å². The second kappa shape index (κ2) is 10.1. The minimum absolute atomic E-state index is 0.164. The zero-order valence-corrected chi connectivity index (χ0v) is 18.1. The summed E-state index contributed by atoms with van der Waals surface area (Å²) in [7, 11) is 0. The van der Waals surface area contributed by atoms with E-state index in [4.69, 9.17) is 10.5 Å². The van der Waals surface area contributed by atoms with Crippen LogP contribution in [-0.2, 0) is 9.53 Å². The maximum Gasteiger partial charge on any atom is 0.259 e. The number of pyridine rings is 1. The number of carbonyl (C=O) groups excluding carboxylic acids is 2. The number of rotatable bonds is 6. The minimum atomic E-state index is -0.389.